The number of benzene rings is 1. The van der Waals surface area contributed by atoms with Crippen LogP contribution in [0.5, 0.6) is 0 Å². The lowest BCUT2D eigenvalue weighted by Crippen LogP contribution is -2.39. The summed E-state index contributed by atoms with van der Waals surface area (Å²) in [6, 6.07) is 5.64. The van der Waals surface area contributed by atoms with Crippen LogP contribution in [0.3, 0.4) is 0 Å². The first-order valence-corrected chi connectivity index (χ1v) is 7.42. The van der Waals surface area contributed by atoms with Crippen molar-refractivity contribution in [3.63, 3.8) is 0 Å². The average molecular weight is 294 g/mol. The first-order chi connectivity index (χ1) is 9.49. The maximum atomic E-state index is 12.2. The predicted molar refractivity (Wildman–Crippen MR) is 79.9 cm³/mol. The van der Waals surface area contributed by atoms with Crippen LogP contribution in [0, 0.1) is 6.92 Å². The number of hydrogen-bond donors (Lipinski definition) is 0. The molecule has 4 heteroatoms. The van der Waals surface area contributed by atoms with Crippen molar-refractivity contribution in [1.82, 2.24) is 4.90 Å². The van der Waals surface area contributed by atoms with Crippen LogP contribution in [0.1, 0.15) is 37.3 Å². The molecule has 0 aliphatic carbocycles. The summed E-state index contributed by atoms with van der Waals surface area (Å²) in [6.45, 7) is 4.24. The highest BCUT2D eigenvalue weighted by Gasteiger charge is 2.31. The Morgan fingerprint density at radius 2 is 2.15 bits per heavy atom. The van der Waals surface area contributed by atoms with Crippen LogP contribution in [0.2, 0.25) is 5.02 Å². The first-order valence-electron chi connectivity index (χ1n) is 7.04. The fraction of sp³-hybridized carbons (Fsp3) is 0.500. The number of hydrogen-bond acceptors (Lipinski definition) is 2. The lowest BCUT2D eigenvalue weighted by atomic mass is 10.1. The van der Waals surface area contributed by atoms with E-state index in [1.165, 1.54) is 0 Å². The maximum absolute atomic E-state index is 12.2. The van der Waals surface area contributed by atoms with Crippen molar-refractivity contribution in [3.8, 4) is 0 Å². The van der Waals surface area contributed by atoms with Crippen molar-refractivity contribution >= 4 is 23.3 Å². The molecule has 1 aliphatic heterocycles. The molecule has 1 aromatic carbocycles. The van der Waals surface area contributed by atoms with E-state index in [9.17, 15) is 9.59 Å². The van der Waals surface area contributed by atoms with Gasteiger partial charge in [-0.2, -0.15) is 0 Å². The molecule has 1 saturated heterocycles. The van der Waals surface area contributed by atoms with Gasteiger partial charge in [0.15, 0.2) is 5.78 Å². The standard InChI is InChI=1S/C16H20ClNO2/c1-11-10-13(5-7-14(11)17)6-8-16(20)18-9-3-4-15(18)12(2)19/h5,7,10,15H,3-4,6,8-9H2,1-2H3. The molecule has 0 saturated carbocycles. The highest BCUT2D eigenvalue weighted by Crippen LogP contribution is 2.21. The molecule has 1 fully saturated rings. The van der Waals surface area contributed by atoms with Crippen LogP contribution in [0.15, 0.2) is 18.2 Å². The third kappa shape index (κ3) is 3.40. The van der Waals surface area contributed by atoms with Gasteiger partial charge in [-0.05, 0) is 50.3 Å². The fourth-order valence-electron chi connectivity index (χ4n) is 2.75. The maximum Gasteiger partial charge on any atom is 0.223 e. The lowest BCUT2D eigenvalue weighted by molar-refractivity contribution is -0.136. The van der Waals surface area contributed by atoms with Crippen LogP contribution in [0.25, 0.3) is 0 Å². The Kier molecular flexibility index (Phi) is 4.81. The zero-order valence-corrected chi connectivity index (χ0v) is 12.7. The fourth-order valence-corrected chi connectivity index (χ4v) is 2.86. The number of halogens is 1. The van der Waals surface area contributed by atoms with Crippen molar-refractivity contribution in [2.45, 2.75) is 45.6 Å². The van der Waals surface area contributed by atoms with Gasteiger partial charge in [-0.1, -0.05) is 23.7 Å². The van der Waals surface area contributed by atoms with E-state index >= 15 is 0 Å². The summed E-state index contributed by atoms with van der Waals surface area (Å²) < 4.78 is 0. The second-order valence-corrected chi connectivity index (χ2v) is 5.85. The largest absolute Gasteiger partial charge is 0.333 e. The molecule has 0 radical (unpaired) electrons. The molecule has 1 aliphatic rings. The van der Waals surface area contributed by atoms with Gasteiger partial charge in [-0.3, -0.25) is 9.59 Å². The van der Waals surface area contributed by atoms with Crippen LogP contribution in [-0.4, -0.2) is 29.2 Å². The van der Waals surface area contributed by atoms with E-state index in [4.69, 9.17) is 11.6 Å². The Bertz CT molecular complexity index is 527. The SMILES string of the molecule is CC(=O)C1CCCN1C(=O)CCc1ccc(Cl)c(C)c1. The quantitative estimate of drug-likeness (QED) is 0.855. The number of nitrogens with zero attached hydrogens (tertiary/aromatic N) is 1. The van der Waals surface area contributed by atoms with Gasteiger partial charge in [0.25, 0.3) is 0 Å². The highest BCUT2D eigenvalue weighted by atomic mass is 35.5. The van der Waals surface area contributed by atoms with E-state index in [-0.39, 0.29) is 17.7 Å². The van der Waals surface area contributed by atoms with Gasteiger partial charge < -0.3 is 4.90 Å². The molecule has 108 valence electrons. The molecular weight excluding hydrogens is 274 g/mol. The van der Waals surface area contributed by atoms with E-state index in [1.807, 2.05) is 25.1 Å². The van der Waals surface area contributed by atoms with Gasteiger partial charge >= 0.3 is 0 Å². The topological polar surface area (TPSA) is 37.4 Å². The molecule has 1 amide bonds. The van der Waals surface area contributed by atoms with Gasteiger partial charge in [0.2, 0.25) is 5.91 Å². The Labute approximate surface area is 124 Å². The summed E-state index contributed by atoms with van der Waals surface area (Å²) >= 11 is 5.99. The smallest absolute Gasteiger partial charge is 0.223 e. The van der Waals surface area contributed by atoms with E-state index in [1.54, 1.807) is 11.8 Å². The van der Waals surface area contributed by atoms with Crippen molar-refractivity contribution in [2.75, 3.05) is 6.54 Å². The van der Waals surface area contributed by atoms with Gasteiger partial charge in [0.05, 0.1) is 6.04 Å². The molecule has 3 nitrogen and oxygen atoms in total. The summed E-state index contributed by atoms with van der Waals surface area (Å²) in [5.41, 5.74) is 2.14. The van der Waals surface area contributed by atoms with Gasteiger partial charge in [-0.25, -0.2) is 0 Å². The molecule has 0 spiro atoms. The number of aryl methyl sites for hydroxylation is 2. The average Bonchev–Trinajstić information content (AvgIpc) is 2.89. The molecule has 1 atom stereocenters. The molecule has 0 aromatic heterocycles. The van der Waals surface area contributed by atoms with E-state index in [0.29, 0.717) is 19.4 Å². The molecule has 0 N–H and O–H groups in total. The second kappa shape index (κ2) is 6.40. The zero-order valence-electron chi connectivity index (χ0n) is 12.0. The second-order valence-electron chi connectivity index (χ2n) is 5.44. The summed E-state index contributed by atoms with van der Waals surface area (Å²) in [6.07, 6.45) is 2.87. The van der Waals surface area contributed by atoms with Crippen molar-refractivity contribution < 1.29 is 9.59 Å². The van der Waals surface area contributed by atoms with Crippen molar-refractivity contribution in [2.24, 2.45) is 0 Å². The number of amides is 1. The van der Waals surface area contributed by atoms with Gasteiger partial charge in [-0.15, -0.1) is 0 Å². The summed E-state index contributed by atoms with van der Waals surface area (Å²) in [5.74, 6) is 0.175. The van der Waals surface area contributed by atoms with Crippen molar-refractivity contribution in [1.29, 1.82) is 0 Å². The van der Waals surface area contributed by atoms with Gasteiger partial charge in [0.1, 0.15) is 0 Å². The summed E-state index contributed by atoms with van der Waals surface area (Å²) in [4.78, 5) is 25.5. The highest BCUT2D eigenvalue weighted by molar-refractivity contribution is 6.31. The minimum absolute atomic E-state index is 0.0790. The number of rotatable bonds is 4. The van der Waals surface area contributed by atoms with E-state index in [0.717, 1.165) is 29.0 Å². The summed E-state index contributed by atoms with van der Waals surface area (Å²) in [5, 5.41) is 0.747. The number of likely N-dealkylation sites (tertiary alicyclic amines) is 1. The van der Waals surface area contributed by atoms with Crippen molar-refractivity contribution in [3.05, 3.63) is 34.3 Å². The minimum atomic E-state index is -0.200. The van der Waals surface area contributed by atoms with E-state index < -0.39 is 0 Å². The third-order valence-electron chi connectivity index (χ3n) is 3.89. The molecule has 1 heterocycles. The number of carbonyl (C=O) groups excluding carboxylic acids is 2. The van der Waals surface area contributed by atoms with Crippen LogP contribution < -0.4 is 0 Å². The zero-order chi connectivity index (χ0) is 14.7. The van der Waals surface area contributed by atoms with Gasteiger partial charge in [0, 0.05) is 18.0 Å². The minimum Gasteiger partial charge on any atom is -0.333 e. The number of Topliss-reactive ketones (excluding diaryl/α,β-unsaturated/α-hetero) is 1. The van der Waals surface area contributed by atoms with Crippen LogP contribution in [0.4, 0.5) is 0 Å². The molecule has 20 heavy (non-hydrogen) atoms. The van der Waals surface area contributed by atoms with Crippen LogP contribution in [-0.2, 0) is 16.0 Å². The van der Waals surface area contributed by atoms with Crippen LogP contribution >= 0.6 is 11.6 Å². The molecular formula is C16H20ClNO2. The Morgan fingerprint density at radius 1 is 1.40 bits per heavy atom. The third-order valence-corrected chi connectivity index (χ3v) is 4.32. The normalized spacial score (nSPS) is 18.4. The number of ketones is 1. The molecule has 2 rings (SSSR count). The monoisotopic (exact) mass is 293 g/mol. The molecule has 1 aromatic rings. The Balaban J connectivity index is 1.94. The lowest BCUT2D eigenvalue weighted by Gasteiger charge is -2.22. The van der Waals surface area contributed by atoms with E-state index in [2.05, 4.69) is 0 Å². The molecule has 1 unspecified atom stereocenters. The molecule has 0 bridgehead atoms. The Hall–Kier alpha value is -1.35. The number of carbonyl (C=O) groups is 2. The summed E-state index contributed by atoms with van der Waals surface area (Å²) in [7, 11) is 0. The Morgan fingerprint density at radius 3 is 2.80 bits per heavy atom. The first kappa shape index (κ1) is 15.0. The predicted octanol–water partition coefficient (Wildman–Crippen LogP) is 3.16.